The molecule has 2 aromatic heterocycles. The number of rotatable bonds is 2. The molecule has 1 aromatic carbocycles. The first kappa shape index (κ1) is 13.3. The fourth-order valence-electron chi connectivity index (χ4n) is 3.86. The molecule has 1 aliphatic heterocycles. The minimum atomic E-state index is 0.267. The molecule has 0 saturated carbocycles. The van der Waals surface area contributed by atoms with Crippen LogP contribution in [0.2, 0.25) is 0 Å². The van der Waals surface area contributed by atoms with Crippen molar-refractivity contribution < 1.29 is 9.26 Å². The lowest BCUT2D eigenvalue weighted by molar-refractivity contribution is 0.192. The topological polar surface area (TPSA) is 63.9 Å². The smallest absolute Gasteiger partial charge is 0.260 e. The molecule has 0 spiro atoms. The van der Waals surface area contributed by atoms with Crippen molar-refractivity contribution >= 4 is 10.9 Å². The van der Waals surface area contributed by atoms with Gasteiger partial charge in [-0.15, -0.1) is 0 Å². The summed E-state index contributed by atoms with van der Waals surface area (Å²) in [4.78, 5) is 8.25. The Balaban J connectivity index is 1.61. The largest absolute Gasteiger partial charge is 0.381 e. The summed E-state index contributed by atoms with van der Waals surface area (Å²) in [6.45, 7) is 1.48. The van der Waals surface area contributed by atoms with Gasteiger partial charge in [0.25, 0.3) is 5.89 Å². The average molecular weight is 309 g/mol. The van der Waals surface area contributed by atoms with Crippen LogP contribution < -0.4 is 0 Å². The van der Waals surface area contributed by atoms with Gasteiger partial charge in [-0.1, -0.05) is 17.3 Å². The second-order valence-electron chi connectivity index (χ2n) is 6.54. The summed E-state index contributed by atoms with van der Waals surface area (Å²) in [6, 6.07) is 6.34. The zero-order valence-corrected chi connectivity index (χ0v) is 13.0. The third-order valence-electron chi connectivity index (χ3n) is 5.10. The molecule has 3 aromatic rings. The van der Waals surface area contributed by atoms with E-state index in [1.165, 1.54) is 29.5 Å². The minimum Gasteiger partial charge on any atom is -0.381 e. The number of ether oxygens (including phenoxy) is 1. The van der Waals surface area contributed by atoms with E-state index in [9.17, 15) is 0 Å². The maximum atomic E-state index is 5.57. The number of H-pyrrole nitrogens is 1. The summed E-state index contributed by atoms with van der Waals surface area (Å²) in [7, 11) is 0. The third-order valence-corrected chi connectivity index (χ3v) is 5.10. The van der Waals surface area contributed by atoms with Gasteiger partial charge in [-0.25, -0.2) is 0 Å². The van der Waals surface area contributed by atoms with Gasteiger partial charge in [0.15, 0.2) is 5.82 Å². The normalized spacial score (nSPS) is 21.0. The van der Waals surface area contributed by atoms with Gasteiger partial charge in [-0.2, -0.15) is 4.98 Å². The highest BCUT2D eigenvalue weighted by atomic mass is 16.5. The van der Waals surface area contributed by atoms with Gasteiger partial charge in [0.2, 0.25) is 0 Å². The van der Waals surface area contributed by atoms with Gasteiger partial charge in [-0.05, 0) is 43.7 Å². The summed E-state index contributed by atoms with van der Waals surface area (Å²) < 4.78 is 11.0. The van der Waals surface area contributed by atoms with Crippen LogP contribution in [-0.2, 0) is 17.6 Å². The van der Waals surface area contributed by atoms with Crippen molar-refractivity contribution in [3.8, 4) is 11.5 Å². The molecule has 0 bridgehead atoms. The fraction of sp³-hybridized carbons (Fsp3) is 0.444. The molecular weight excluding hydrogens is 290 g/mol. The molecule has 1 saturated heterocycles. The molecule has 5 rings (SSSR count). The first-order chi connectivity index (χ1) is 11.4. The van der Waals surface area contributed by atoms with Gasteiger partial charge in [0.05, 0.1) is 17.7 Å². The number of hydrogen-bond donors (Lipinski definition) is 1. The molecule has 2 aliphatic rings. The van der Waals surface area contributed by atoms with Crippen molar-refractivity contribution in [2.24, 2.45) is 0 Å². The van der Waals surface area contributed by atoms with Crippen LogP contribution in [0.3, 0.4) is 0 Å². The van der Waals surface area contributed by atoms with Gasteiger partial charge in [-0.3, -0.25) is 0 Å². The van der Waals surface area contributed by atoms with E-state index in [1.54, 1.807) is 0 Å². The van der Waals surface area contributed by atoms with E-state index >= 15 is 0 Å². The molecule has 23 heavy (non-hydrogen) atoms. The van der Waals surface area contributed by atoms with Crippen molar-refractivity contribution in [2.45, 2.75) is 38.0 Å². The summed E-state index contributed by atoms with van der Waals surface area (Å²) >= 11 is 0. The van der Waals surface area contributed by atoms with Gasteiger partial charge < -0.3 is 14.2 Å². The molecule has 1 aliphatic carbocycles. The van der Waals surface area contributed by atoms with Gasteiger partial charge in [0.1, 0.15) is 0 Å². The summed E-state index contributed by atoms with van der Waals surface area (Å²) in [5.74, 6) is 1.64. The molecule has 5 nitrogen and oxygen atoms in total. The highest BCUT2D eigenvalue weighted by molar-refractivity contribution is 5.95. The zero-order chi connectivity index (χ0) is 15.2. The van der Waals surface area contributed by atoms with Crippen LogP contribution in [-0.4, -0.2) is 28.3 Å². The van der Waals surface area contributed by atoms with Crippen LogP contribution in [0.1, 0.15) is 42.3 Å². The molecule has 0 radical (unpaired) electrons. The molecular formula is C18H19N3O2. The first-order valence-electron chi connectivity index (χ1n) is 8.44. The number of aryl methyl sites for hydroxylation is 2. The quantitative estimate of drug-likeness (QED) is 0.785. The van der Waals surface area contributed by atoms with E-state index < -0.39 is 0 Å². The Kier molecular flexibility index (Phi) is 3.01. The van der Waals surface area contributed by atoms with Crippen LogP contribution in [0.25, 0.3) is 22.4 Å². The number of nitrogens with one attached hydrogen (secondary N) is 1. The predicted octanol–water partition coefficient (Wildman–Crippen LogP) is 3.60. The molecule has 1 fully saturated rings. The van der Waals surface area contributed by atoms with Crippen LogP contribution in [0.15, 0.2) is 22.7 Å². The minimum absolute atomic E-state index is 0.267. The van der Waals surface area contributed by atoms with E-state index in [0.29, 0.717) is 12.5 Å². The standard InChI is InChI=1S/C18H19N3O2/c1-2-7-15-12(4-1)13-5-3-6-14(16(13)19-15)18-20-17(21-23-18)11-8-9-22-10-11/h3,5-6,11,19H,1-2,4,7-10H2/t11-/m1/s1. The number of benzene rings is 1. The zero-order valence-electron chi connectivity index (χ0n) is 13.0. The lowest BCUT2D eigenvalue weighted by Crippen LogP contribution is -1.99. The lowest BCUT2D eigenvalue weighted by Gasteiger charge is -2.10. The number of fused-ring (bicyclic) bond motifs is 3. The molecule has 1 atom stereocenters. The Morgan fingerprint density at radius 1 is 1.17 bits per heavy atom. The SMILES string of the molecule is c1cc(-c2nc([C@@H]3CCOC3)no2)c2[nH]c3c(c2c1)CCCC3. The van der Waals surface area contributed by atoms with E-state index in [2.05, 4.69) is 33.3 Å². The van der Waals surface area contributed by atoms with E-state index in [0.717, 1.165) is 42.8 Å². The highest BCUT2D eigenvalue weighted by Crippen LogP contribution is 2.35. The summed E-state index contributed by atoms with van der Waals surface area (Å²) in [5, 5.41) is 5.49. The molecule has 0 unspecified atom stereocenters. The molecule has 118 valence electrons. The highest BCUT2D eigenvalue weighted by Gasteiger charge is 2.25. The van der Waals surface area contributed by atoms with Crippen molar-refractivity contribution in [3.05, 3.63) is 35.3 Å². The second kappa shape index (κ2) is 5.20. The van der Waals surface area contributed by atoms with Gasteiger partial charge in [0, 0.05) is 23.6 Å². The maximum Gasteiger partial charge on any atom is 0.260 e. The second-order valence-corrected chi connectivity index (χ2v) is 6.54. The maximum absolute atomic E-state index is 5.57. The number of aromatic amines is 1. The van der Waals surface area contributed by atoms with Crippen LogP contribution in [0.5, 0.6) is 0 Å². The van der Waals surface area contributed by atoms with Crippen LogP contribution >= 0.6 is 0 Å². The van der Waals surface area contributed by atoms with Crippen LogP contribution in [0.4, 0.5) is 0 Å². The van der Waals surface area contributed by atoms with Gasteiger partial charge >= 0.3 is 0 Å². The van der Waals surface area contributed by atoms with E-state index in [4.69, 9.17) is 9.26 Å². The van der Waals surface area contributed by atoms with E-state index in [1.807, 2.05) is 0 Å². The summed E-state index contributed by atoms with van der Waals surface area (Å²) in [6.07, 6.45) is 5.81. The molecule has 0 amide bonds. The number of hydrogen-bond acceptors (Lipinski definition) is 4. The lowest BCUT2D eigenvalue weighted by atomic mass is 9.95. The number of aromatic nitrogens is 3. The number of nitrogens with zero attached hydrogens (tertiary/aromatic N) is 2. The Labute approximate surface area is 134 Å². The van der Waals surface area contributed by atoms with E-state index in [-0.39, 0.29) is 5.92 Å². The van der Waals surface area contributed by atoms with Crippen molar-refractivity contribution in [2.75, 3.05) is 13.2 Å². The van der Waals surface area contributed by atoms with Crippen molar-refractivity contribution in [1.82, 2.24) is 15.1 Å². The average Bonchev–Trinajstić information content (AvgIpc) is 3.32. The van der Waals surface area contributed by atoms with Crippen molar-refractivity contribution in [3.63, 3.8) is 0 Å². The Hall–Kier alpha value is -2.14. The molecule has 1 N–H and O–H groups in total. The molecule has 3 heterocycles. The van der Waals surface area contributed by atoms with Crippen LogP contribution in [0, 0.1) is 0 Å². The number of para-hydroxylation sites is 1. The third kappa shape index (κ3) is 2.10. The fourth-order valence-corrected chi connectivity index (χ4v) is 3.86. The Bertz CT molecular complexity index is 858. The van der Waals surface area contributed by atoms with Crippen molar-refractivity contribution in [1.29, 1.82) is 0 Å². The monoisotopic (exact) mass is 309 g/mol. The Morgan fingerprint density at radius 3 is 3.04 bits per heavy atom. The summed E-state index contributed by atoms with van der Waals surface area (Å²) in [5.41, 5.74) is 4.99. The molecule has 5 heteroatoms. The first-order valence-corrected chi connectivity index (χ1v) is 8.44. The predicted molar refractivity (Wildman–Crippen MR) is 86.4 cm³/mol. The Morgan fingerprint density at radius 2 is 2.13 bits per heavy atom.